The highest BCUT2D eigenvalue weighted by atomic mass is 19.1. The second-order valence-electron chi connectivity index (χ2n) is 2.91. The lowest BCUT2D eigenvalue weighted by Gasteiger charge is -2.01. The van der Waals surface area contributed by atoms with Crippen LogP contribution in [0.4, 0.5) is 4.39 Å². The molecule has 0 aliphatic rings. The van der Waals surface area contributed by atoms with Gasteiger partial charge < -0.3 is 5.32 Å². The minimum atomic E-state index is -0.401. The number of halogens is 1. The molecule has 15 heavy (non-hydrogen) atoms. The summed E-state index contributed by atoms with van der Waals surface area (Å²) in [5.41, 5.74) is 0.265. The van der Waals surface area contributed by atoms with E-state index in [2.05, 4.69) is 11.9 Å². The van der Waals surface area contributed by atoms with Crippen molar-refractivity contribution in [1.29, 1.82) is 0 Å². The molecule has 3 nitrogen and oxygen atoms in total. The van der Waals surface area contributed by atoms with Crippen LogP contribution in [0, 0.1) is 0 Å². The maximum atomic E-state index is 12.4. The molecule has 0 fully saturated rings. The van der Waals surface area contributed by atoms with Crippen LogP contribution in [-0.2, 0) is 9.59 Å². The van der Waals surface area contributed by atoms with Gasteiger partial charge in [-0.05, 0) is 19.1 Å². The summed E-state index contributed by atoms with van der Waals surface area (Å²) in [6, 6.07) is 0. The summed E-state index contributed by atoms with van der Waals surface area (Å²) in [6.45, 7) is 5.92. The second-order valence-corrected chi connectivity index (χ2v) is 2.91. The number of nitrogens with one attached hydrogen (secondary N) is 1. The third kappa shape index (κ3) is 6.37. The van der Waals surface area contributed by atoms with E-state index in [1.807, 2.05) is 0 Å². The quantitative estimate of drug-likeness (QED) is 0.555. The molecule has 0 radical (unpaired) electrons. The summed E-state index contributed by atoms with van der Waals surface area (Å²) < 4.78 is 12.4. The van der Waals surface area contributed by atoms with Gasteiger partial charge in [0, 0.05) is 12.5 Å². The Morgan fingerprint density at radius 2 is 1.93 bits per heavy atom. The first kappa shape index (κ1) is 13.3. The van der Waals surface area contributed by atoms with E-state index in [0.717, 1.165) is 0 Å². The number of carbonyl (C=O) groups excluding carboxylic acids is 2. The van der Waals surface area contributed by atoms with Crippen LogP contribution in [0.5, 0.6) is 0 Å². The summed E-state index contributed by atoms with van der Waals surface area (Å²) in [6.07, 6.45) is 3.82. The monoisotopic (exact) mass is 211 g/mol. The molecular weight excluding hydrogens is 197 g/mol. The smallest absolute Gasteiger partial charge is 0.217 e. The summed E-state index contributed by atoms with van der Waals surface area (Å²) in [4.78, 5) is 21.9. The lowest BCUT2D eigenvalue weighted by atomic mass is 10.1. The van der Waals surface area contributed by atoms with Crippen LogP contribution < -0.4 is 5.32 Å². The maximum absolute atomic E-state index is 12.4. The van der Waals surface area contributed by atoms with Crippen molar-refractivity contribution in [3.05, 3.63) is 36.2 Å². The number of rotatable bonds is 5. The van der Waals surface area contributed by atoms with Gasteiger partial charge in [0.2, 0.25) is 5.91 Å². The van der Waals surface area contributed by atoms with Crippen molar-refractivity contribution in [3.63, 3.8) is 0 Å². The van der Waals surface area contributed by atoms with Crippen LogP contribution in [0.1, 0.15) is 13.8 Å². The number of ketones is 1. The van der Waals surface area contributed by atoms with Gasteiger partial charge in [-0.2, -0.15) is 0 Å². The van der Waals surface area contributed by atoms with Gasteiger partial charge in [-0.15, -0.1) is 0 Å². The maximum Gasteiger partial charge on any atom is 0.217 e. The van der Waals surface area contributed by atoms with E-state index in [9.17, 15) is 14.0 Å². The molecule has 4 heteroatoms. The van der Waals surface area contributed by atoms with E-state index in [0.29, 0.717) is 0 Å². The molecule has 0 aromatic rings. The Morgan fingerprint density at radius 3 is 2.33 bits per heavy atom. The summed E-state index contributed by atoms with van der Waals surface area (Å²) in [7, 11) is 0. The van der Waals surface area contributed by atoms with Gasteiger partial charge in [-0.1, -0.05) is 12.7 Å². The van der Waals surface area contributed by atoms with Crippen LogP contribution in [-0.4, -0.2) is 18.2 Å². The van der Waals surface area contributed by atoms with Crippen molar-refractivity contribution in [2.45, 2.75) is 13.8 Å². The zero-order valence-corrected chi connectivity index (χ0v) is 8.84. The molecule has 0 aliphatic heterocycles. The zero-order chi connectivity index (χ0) is 11.8. The molecule has 0 saturated heterocycles. The minimum absolute atomic E-state index is 0.105. The molecule has 0 heterocycles. The Bertz CT molecular complexity index is 325. The third-order valence-corrected chi connectivity index (χ3v) is 1.53. The normalized spacial score (nSPS) is 12.2. The fourth-order valence-electron chi connectivity index (χ4n) is 0.786. The van der Waals surface area contributed by atoms with Gasteiger partial charge >= 0.3 is 0 Å². The average Bonchev–Trinajstić information content (AvgIpc) is 2.15. The van der Waals surface area contributed by atoms with Crippen molar-refractivity contribution in [2.75, 3.05) is 6.54 Å². The van der Waals surface area contributed by atoms with Crippen molar-refractivity contribution in [3.8, 4) is 0 Å². The van der Waals surface area contributed by atoms with Crippen LogP contribution in [0.25, 0.3) is 0 Å². The molecule has 0 rings (SSSR count). The van der Waals surface area contributed by atoms with E-state index < -0.39 is 5.83 Å². The highest BCUT2D eigenvalue weighted by molar-refractivity contribution is 6.00. The summed E-state index contributed by atoms with van der Waals surface area (Å²) >= 11 is 0. The Kier molecular flexibility index (Phi) is 5.94. The van der Waals surface area contributed by atoms with E-state index >= 15 is 0 Å². The Morgan fingerprint density at radius 1 is 1.33 bits per heavy atom. The third-order valence-electron chi connectivity index (χ3n) is 1.53. The van der Waals surface area contributed by atoms with Gasteiger partial charge in [0.05, 0.1) is 12.4 Å². The van der Waals surface area contributed by atoms with Gasteiger partial charge in [0.25, 0.3) is 0 Å². The molecule has 0 unspecified atom stereocenters. The molecule has 0 aliphatic carbocycles. The Labute approximate surface area is 88.4 Å². The molecule has 0 spiro atoms. The Hall–Kier alpha value is -1.71. The SMILES string of the molecule is C=C/C(=C\C=C(/C)F)C(=O)CNC(C)=O. The predicted molar refractivity (Wildman–Crippen MR) is 56.8 cm³/mol. The highest BCUT2D eigenvalue weighted by Crippen LogP contribution is 2.01. The number of allylic oxidation sites excluding steroid dienone is 4. The van der Waals surface area contributed by atoms with Gasteiger partial charge in [-0.3, -0.25) is 9.59 Å². The van der Waals surface area contributed by atoms with Crippen molar-refractivity contribution in [1.82, 2.24) is 5.32 Å². The summed E-state index contributed by atoms with van der Waals surface area (Å²) in [5.74, 6) is -0.997. The van der Waals surface area contributed by atoms with Gasteiger partial charge in [0.15, 0.2) is 5.78 Å². The lowest BCUT2D eigenvalue weighted by Crippen LogP contribution is -2.27. The predicted octanol–water partition coefficient (Wildman–Crippen LogP) is 1.68. The first-order valence-electron chi connectivity index (χ1n) is 4.41. The average molecular weight is 211 g/mol. The van der Waals surface area contributed by atoms with Crippen LogP contribution >= 0.6 is 0 Å². The fraction of sp³-hybridized carbons (Fsp3) is 0.273. The minimum Gasteiger partial charge on any atom is -0.349 e. The van der Waals surface area contributed by atoms with Crippen molar-refractivity contribution >= 4 is 11.7 Å². The van der Waals surface area contributed by atoms with Gasteiger partial charge in [-0.25, -0.2) is 4.39 Å². The van der Waals surface area contributed by atoms with Gasteiger partial charge in [0.1, 0.15) is 0 Å². The molecule has 1 amide bonds. The van der Waals surface area contributed by atoms with E-state index in [-0.39, 0.29) is 23.8 Å². The molecule has 0 aromatic heterocycles. The highest BCUT2D eigenvalue weighted by Gasteiger charge is 2.05. The summed E-state index contributed by atoms with van der Waals surface area (Å²) in [5, 5.41) is 2.36. The number of amides is 1. The molecule has 0 bridgehead atoms. The Balaban J connectivity index is 4.48. The molecule has 0 atom stereocenters. The number of Topliss-reactive ketones (excluding diaryl/α,β-unsaturated/α-hetero) is 1. The van der Waals surface area contributed by atoms with Crippen molar-refractivity contribution in [2.24, 2.45) is 0 Å². The topological polar surface area (TPSA) is 46.2 Å². The molecule has 0 aromatic carbocycles. The van der Waals surface area contributed by atoms with Crippen LogP contribution in [0.15, 0.2) is 36.2 Å². The fourth-order valence-corrected chi connectivity index (χ4v) is 0.786. The number of hydrogen-bond acceptors (Lipinski definition) is 2. The molecule has 1 N–H and O–H groups in total. The second kappa shape index (κ2) is 6.70. The zero-order valence-electron chi connectivity index (χ0n) is 8.84. The standard InChI is InChI=1S/C11H14FNO2/c1-4-10(6-5-8(2)12)11(15)7-13-9(3)14/h4-6H,1,7H2,2-3H3,(H,13,14)/b8-5+,10-6+. The van der Waals surface area contributed by atoms with Crippen LogP contribution in [0.2, 0.25) is 0 Å². The molecule has 0 saturated carbocycles. The van der Waals surface area contributed by atoms with Crippen molar-refractivity contribution < 1.29 is 14.0 Å². The lowest BCUT2D eigenvalue weighted by molar-refractivity contribution is -0.122. The van der Waals surface area contributed by atoms with E-state index in [1.54, 1.807) is 0 Å². The first-order chi connectivity index (χ1) is 6.97. The van der Waals surface area contributed by atoms with E-state index in [4.69, 9.17) is 0 Å². The van der Waals surface area contributed by atoms with Crippen LogP contribution in [0.3, 0.4) is 0 Å². The molecule has 82 valence electrons. The molecular formula is C11H14FNO2. The first-order valence-corrected chi connectivity index (χ1v) is 4.41. The number of hydrogen-bond donors (Lipinski definition) is 1. The van der Waals surface area contributed by atoms with E-state index in [1.165, 1.54) is 32.1 Å². The largest absolute Gasteiger partial charge is 0.349 e. The number of carbonyl (C=O) groups is 2.